The van der Waals surface area contributed by atoms with E-state index in [1.165, 1.54) is 41.5 Å². The molecule has 4 rings (SSSR count). The number of fused-ring (bicyclic) bond motifs is 3. The first-order valence-corrected chi connectivity index (χ1v) is 10.1. The Balaban J connectivity index is 1.32. The highest BCUT2D eigenvalue weighted by Crippen LogP contribution is 2.27. The fourth-order valence-corrected chi connectivity index (χ4v) is 4.28. The SMILES string of the molecule is CCCCN1CCN(C(=O)CN2CCc3c([nH]c4ccccc34)C2)CC1. The van der Waals surface area contributed by atoms with E-state index in [0.717, 1.165) is 45.7 Å². The largest absolute Gasteiger partial charge is 0.357 e. The van der Waals surface area contributed by atoms with Crippen LogP contribution in [-0.2, 0) is 17.8 Å². The predicted molar refractivity (Wildman–Crippen MR) is 105 cm³/mol. The second kappa shape index (κ2) is 7.80. The number of benzene rings is 1. The zero-order valence-corrected chi connectivity index (χ0v) is 15.8. The number of aromatic amines is 1. The first kappa shape index (κ1) is 17.6. The zero-order valence-electron chi connectivity index (χ0n) is 15.8. The summed E-state index contributed by atoms with van der Waals surface area (Å²) in [4.78, 5) is 23.1. The summed E-state index contributed by atoms with van der Waals surface area (Å²) in [7, 11) is 0. The van der Waals surface area contributed by atoms with Crippen molar-refractivity contribution in [3.05, 3.63) is 35.5 Å². The Bertz CT molecular complexity index is 760. The highest BCUT2D eigenvalue weighted by atomic mass is 16.2. The van der Waals surface area contributed by atoms with Crippen LogP contribution in [0.15, 0.2) is 24.3 Å². The maximum absolute atomic E-state index is 12.7. The Labute approximate surface area is 155 Å². The summed E-state index contributed by atoms with van der Waals surface area (Å²) in [5.74, 6) is 0.291. The van der Waals surface area contributed by atoms with Crippen molar-refractivity contribution in [3.8, 4) is 0 Å². The van der Waals surface area contributed by atoms with Gasteiger partial charge in [-0.05, 0) is 31.0 Å². The Morgan fingerprint density at radius 1 is 1.08 bits per heavy atom. The molecule has 1 aromatic heterocycles. The highest BCUT2D eigenvalue weighted by molar-refractivity contribution is 5.85. The number of para-hydroxylation sites is 1. The molecule has 1 fully saturated rings. The second-order valence-electron chi connectivity index (χ2n) is 7.66. The van der Waals surface area contributed by atoms with E-state index in [1.54, 1.807) is 0 Å². The average Bonchev–Trinajstić information content (AvgIpc) is 3.04. The molecule has 0 saturated carbocycles. The number of carbonyl (C=O) groups is 1. The van der Waals surface area contributed by atoms with E-state index < -0.39 is 0 Å². The molecule has 2 aliphatic heterocycles. The Morgan fingerprint density at radius 2 is 1.88 bits per heavy atom. The van der Waals surface area contributed by atoms with Gasteiger partial charge in [0.25, 0.3) is 0 Å². The van der Waals surface area contributed by atoms with Gasteiger partial charge < -0.3 is 9.88 Å². The van der Waals surface area contributed by atoms with E-state index in [0.29, 0.717) is 12.5 Å². The molecule has 1 aromatic carbocycles. The molecule has 2 aliphatic rings. The monoisotopic (exact) mass is 354 g/mol. The van der Waals surface area contributed by atoms with Crippen LogP contribution >= 0.6 is 0 Å². The third kappa shape index (κ3) is 3.64. The molecule has 5 nitrogen and oxygen atoms in total. The highest BCUT2D eigenvalue weighted by Gasteiger charge is 2.25. The fraction of sp³-hybridized carbons (Fsp3) is 0.571. The molecule has 140 valence electrons. The molecule has 1 N–H and O–H groups in total. The number of nitrogens with zero attached hydrogens (tertiary/aromatic N) is 3. The van der Waals surface area contributed by atoms with Crippen LogP contribution in [0.2, 0.25) is 0 Å². The number of amides is 1. The van der Waals surface area contributed by atoms with E-state index in [9.17, 15) is 4.79 Å². The molecule has 2 aromatic rings. The first-order valence-electron chi connectivity index (χ1n) is 10.1. The van der Waals surface area contributed by atoms with Crippen LogP contribution in [0.1, 0.15) is 31.0 Å². The lowest BCUT2D eigenvalue weighted by Crippen LogP contribution is -2.51. The van der Waals surface area contributed by atoms with E-state index in [1.807, 2.05) is 0 Å². The van der Waals surface area contributed by atoms with E-state index in [-0.39, 0.29) is 0 Å². The molecule has 0 radical (unpaired) electrons. The Morgan fingerprint density at radius 3 is 2.69 bits per heavy atom. The number of piperazine rings is 1. The standard InChI is InChI=1S/C21H30N4O/c1-2-3-9-23-11-13-25(14-12-23)21(26)16-24-10-8-18-17-6-4-5-7-19(17)22-20(18)15-24/h4-7,22H,2-3,8-16H2,1H3. The van der Waals surface area contributed by atoms with Crippen LogP contribution < -0.4 is 0 Å². The molecular weight excluding hydrogens is 324 g/mol. The van der Waals surface area contributed by atoms with Crippen molar-refractivity contribution in [2.24, 2.45) is 0 Å². The molecule has 1 amide bonds. The minimum atomic E-state index is 0.291. The van der Waals surface area contributed by atoms with Crippen molar-refractivity contribution in [1.82, 2.24) is 19.7 Å². The lowest BCUT2D eigenvalue weighted by molar-refractivity contribution is -0.134. The maximum atomic E-state index is 12.7. The number of aromatic nitrogens is 1. The number of hydrogen-bond donors (Lipinski definition) is 1. The lowest BCUT2D eigenvalue weighted by Gasteiger charge is -2.36. The molecule has 0 aliphatic carbocycles. The third-order valence-electron chi connectivity index (χ3n) is 5.87. The zero-order chi connectivity index (χ0) is 17.9. The molecule has 5 heteroatoms. The van der Waals surface area contributed by atoms with Gasteiger partial charge in [0, 0.05) is 55.9 Å². The second-order valence-corrected chi connectivity index (χ2v) is 7.66. The summed E-state index contributed by atoms with van der Waals surface area (Å²) in [5.41, 5.74) is 3.94. The number of nitrogens with one attached hydrogen (secondary N) is 1. The molecular formula is C21H30N4O. The van der Waals surface area contributed by atoms with Crippen LogP contribution in [0.4, 0.5) is 0 Å². The Kier molecular flexibility index (Phi) is 5.27. The van der Waals surface area contributed by atoms with Crippen LogP contribution in [0.5, 0.6) is 0 Å². The van der Waals surface area contributed by atoms with Gasteiger partial charge in [-0.15, -0.1) is 0 Å². The van der Waals surface area contributed by atoms with Crippen molar-refractivity contribution in [1.29, 1.82) is 0 Å². The van der Waals surface area contributed by atoms with Crippen molar-refractivity contribution in [2.75, 3.05) is 45.8 Å². The van der Waals surface area contributed by atoms with Crippen molar-refractivity contribution in [3.63, 3.8) is 0 Å². The van der Waals surface area contributed by atoms with Gasteiger partial charge in [-0.3, -0.25) is 14.6 Å². The van der Waals surface area contributed by atoms with Gasteiger partial charge in [0.2, 0.25) is 5.91 Å². The van der Waals surface area contributed by atoms with Crippen molar-refractivity contribution in [2.45, 2.75) is 32.7 Å². The number of hydrogen-bond acceptors (Lipinski definition) is 3. The van der Waals surface area contributed by atoms with E-state index >= 15 is 0 Å². The average molecular weight is 354 g/mol. The number of rotatable bonds is 5. The normalized spacial score (nSPS) is 19.0. The van der Waals surface area contributed by atoms with Crippen molar-refractivity contribution >= 4 is 16.8 Å². The minimum Gasteiger partial charge on any atom is -0.357 e. The van der Waals surface area contributed by atoms with Gasteiger partial charge in [0.05, 0.1) is 6.54 Å². The molecule has 3 heterocycles. The van der Waals surface area contributed by atoms with Crippen LogP contribution in [0.3, 0.4) is 0 Å². The number of H-pyrrole nitrogens is 1. The van der Waals surface area contributed by atoms with Gasteiger partial charge in [0.1, 0.15) is 0 Å². The maximum Gasteiger partial charge on any atom is 0.236 e. The van der Waals surface area contributed by atoms with Crippen LogP contribution in [-0.4, -0.2) is 71.4 Å². The Hall–Kier alpha value is -1.85. The van der Waals surface area contributed by atoms with Gasteiger partial charge in [0.15, 0.2) is 0 Å². The molecule has 0 atom stereocenters. The third-order valence-corrected chi connectivity index (χ3v) is 5.87. The van der Waals surface area contributed by atoms with Gasteiger partial charge in [-0.2, -0.15) is 0 Å². The fourth-order valence-electron chi connectivity index (χ4n) is 4.28. The van der Waals surface area contributed by atoms with E-state index in [4.69, 9.17) is 0 Å². The quantitative estimate of drug-likeness (QED) is 0.897. The molecule has 0 spiro atoms. The topological polar surface area (TPSA) is 42.6 Å². The van der Waals surface area contributed by atoms with Gasteiger partial charge in [-0.25, -0.2) is 0 Å². The summed E-state index contributed by atoms with van der Waals surface area (Å²) in [6.45, 7) is 9.59. The summed E-state index contributed by atoms with van der Waals surface area (Å²) < 4.78 is 0. The molecule has 0 unspecified atom stereocenters. The summed E-state index contributed by atoms with van der Waals surface area (Å²) in [6, 6.07) is 8.52. The van der Waals surface area contributed by atoms with Gasteiger partial charge >= 0.3 is 0 Å². The summed E-state index contributed by atoms with van der Waals surface area (Å²) >= 11 is 0. The number of carbonyl (C=O) groups excluding carboxylic acids is 1. The van der Waals surface area contributed by atoms with Crippen LogP contribution in [0.25, 0.3) is 10.9 Å². The molecule has 1 saturated heterocycles. The number of unbranched alkanes of at least 4 members (excludes halogenated alkanes) is 1. The van der Waals surface area contributed by atoms with Crippen molar-refractivity contribution < 1.29 is 4.79 Å². The van der Waals surface area contributed by atoms with Gasteiger partial charge in [-0.1, -0.05) is 31.5 Å². The molecule has 0 bridgehead atoms. The molecule has 26 heavy (non-hydrogen) atoms. The minimum absolute atomic E-state index is 0.291. The summed E-state index contributed by atoms with van der Waals surface area (Å²) in [6.07, 6.45) is 3.52. The lowest BCUT2D eigenvalue weighted by atomic mass is 10.0. The smallest absolute Gasteiger partial charge is 0.236 e. The van der Waals surface area contributed by atoms with Crippen LogP contribution in [0, 0.1) is 0 Å². The predicted octanol–water partition coefficient (Wildman–Crippen LogP) is 2.47. The first-order chi connectivity index (χ1) is 12.7. The van der Waals surface area contributed by atoms with E-state index in [2.05, 4.69) is 50.9 Å². The summed E-state index contributed by atoms with van der Waals surface area (Å²) in [5, 5.41) is 1.34.